The van der Waals surface area contributed by atoms with Crippen LogP contribution in [-0.4, -0.2) is 12.4 Å². The van der Waals surface area contributed by atoms with Crippen molar-refractivity contribution < 1.29 is 9.53 Å². The highest BCUT2D eigenvalue weighted by molar-refractivity contribution is 5.77. The highest BCUT2D eigenvalue weighted by atomic mass is 16.5. The smallest absolute Gasteiger partial charge is 0.134 e. The van der Waals surface area contributed by atoms with Crippen LogP contribution in [0.5, 0.6) is 0 Å². The molecular formula is C12H16O2. The van der Waals surface area contributed by atoms with Gasteiger partial charge in [0.1, 0.15) is 5.78 Å². The first-order chi connectivity index (χ1) is 6.70. The van der Waals surface area contributed by atoms with Crippen molar-refractivity contribution in [3.63, 3.8) is 0 Å². The Morgan fingerprint density at radius 2 is 2.00 bits per heavy atom. The number of carbonyl (C=O) groups is 1. The van der Waals surface area contributed by atoms with E-state index in [1.165, 1.54) is 0 Å². The second-order valence-electron chi connectivity index (χ2n) is 3.51. The van der Waals surface area contributed by atoms with Gasteiger partial charge in [0.15, 0.2) is 0 Å². The van der Waals surface area contributed by atoms with E-state index in [2.05, 4.69) is 0 Å². The van der Waals surface area contributed by atoms with Crippen molar-refractivity contribution >= 4 is 5.78 Å². The van der Waals surface area contributed by atoms with E-state index in [0.717, 1.165) is 5.56 Å². The second kappa shape index (κ2) is 5.55. The maximum Gasteiger partial charge on any atom is 0.134 e. The van der Waals surface area contributed by atoms with Gasteiger partial charge >= 0.3 is 0 Å². The number of rotatable bonds is 5. The molecule has 0 saturated heterocycles. The predicted molar refractivity (Wildman–Crippen MR) is 55.9 cm³/mol. The molecule has 0 heterocycles. The Hall–Kier alpha value is -1.15. The van der Waals surface area contributed by atoms with Crippen LogP contribution < -0.4 is 0 Å². The third-order valence-electron chi connectivity index (χ3n) is 2.17. The molecule has 76 valence electrons. The van der Waals surface area contributed by atoms with Crippen LogP contribution in [0.15, 0.2) is 30.3 Å². The van der Waals surface area contributed by atoms with Gasteiger partial charge in [-0.2, -0.15) is 0 Å². The minimum absolute atomic E-state index is 0.00119. The van der Waals surface area contributed by atoms with Crippen LogP contribution in [0.3, 0.4) is 0 Å². The Morgan fingerprint density at radius 3 is 2.57 bits per heavy atom. The monoisotopic (exact) mass is 192 g/mol. The van der Waals surface area contributed by atoms with E-state index < -0.39 is 0 Å². The summed E-state index contributed by atoms with van der Waals surface area (Å²) in [5.74, 6) is 0.178. The maximum absolute atomic E-state index is 10.9. The minimum atomic E-state index is -0.00119. The second-order valence-corrected chi connectivity index (χ2v) is 3.51. The van der Waals surface area contributed by atoms with E-state index >= 15 is 0 Å². The Kier molecular flexibility index (Phi) is 4.33. The summed E-state index contributed by atoms with van der Waals surface area (Å²) in [4.78, 5) is 10.9. The normalized spacial score (nSPS) is 12.4. The number of ether oxygens (including phenoxy) is 1. The van der Waals surface area contributed by atoms with Gasteiger partial charge in [0, 0.05) is 5.92 Å². The SMILES string of the molecule is CC(=O)C(C)COCc1ccccc1. The van der Waals surface area contributed by atoms with Crippen LogP contribution in [0.1, 0.15) is 19.4 Å². The molecule has 0 aliphatic rings. The molecule has 0 spiro atoms. The summed E-state index contributed by atoms with van der Waals surface area (Å²) in [6.45, 7) is 4.56. The molecule has 1 unspecified atom stereocenters. The van der Waals surface area contributed by atoms with Crippen LogP contribution in [0.25, 0.3) is 0 Å². The predicted octanol–water partition coefficient (Wildman–Crippen LogP) is 2.43. The summed E-state index contributed by atoms with van der Waals surface area (Å²) in [5.41, 5.74) is 1.14. The number of hydrogen-bond acceptors (Lipinski definition) is 2. The van der Waals surface area contributed by atoms with Gasteiger partial charge < -0.3 is 4.74 Å². The average Bonchev–Trinajstić information content (AvgIpc) is 2.19. The quantitative estimate of drug-likeness (QED) is 0.716. The molecule has 0 aromatic heterocycles. The van der Waals surface area contributed by atoms with Gasteiger partial charge in [-0.3, -0.25) is 4.79 Å². The lowest BCUT2D eigenvalue weighted by Gasteiger charge is -2.08. The van der Waals surface area contributed by atoms with E-state index in [-0.39, 0.29) is 11.7 Å². The number of ketones is 1. The lowest BCUT2D eigenvalue weighted by atomic mass is 10.1. The minimum Gasteiger partial charge on any atom is -0.376 e. The Labute approximate surface area is 84.9 Å². The Morgan fingerprint density at radius 1 is 1.36 bits per heavy atom. The summed E-state index contributed by atoms with van der Waals surface area (Å²) >= 11 is 0. The zero-order chi connectivity index (χ0) is 10.4. The van der Waals surface area contributed by atoms with Crippen LogP contribution in [-0.2, 0) is 16.1 Å². The first-order valence-electron chi connectivity index (χ1n) is 4.82. The standard InChI is InChI=1S/C12H16O2/c1-10(11(2)13)8-14-9-12-6-4-3-5-7-12/h3-7,10H,8-9H2,1-2H3. The molecule has 1 rings (SSSR count). The number of carbonyl (C=O) groups excluding carboxylic acids is 1. The zero-order valence-electron chi connectivity index (χ0n) is 8.69. The molecule has 0 aliphatic carbocycles. The van der Waals surface area contributed by atoms with Crippen molar-refractivity contribution in [3.8, 4) is 0 Å². The fourth-order valence-corrected chi connectivity index (χ4v) is 1.05. The molecule has 0 aliphatic heterocycles. The van der Waals surface area contributed by atoms with Crippen molar-refractivity contribution in [1.82, 2.24) is 0 Å². The molecule has 0 N–H and O–H groups in total. The summed E-state index contributed by atoms with van der Waals surface area (Å²) in [5, 5.41) is 0. The number of Topliss-reactive ketones (excluding diaryl/α,β-unsaturated/α-hetero) is 1. The Bertz CT molecular complexity index is 280. The zero-order valence-corrected chi connectivity index (χ0v) is 8.69. The van der Waals surface area contributed by atoms with Gasteiger partial charge in [0.2, 0.25) is 0 Å². The van der Waals surface area contributed by atoms with Crippen LogP contribution in [0.4, 0.5) is 0 Å². The van der Waals surface area contributed by atoms with Gasteiger partial charge in [-0.25, -0.2) is 0 Å². The summed E-state index contributed by atoms with van der Waals surface area (Å²) in [6, 6.07) is 9.96. The maximum atomic E-state index is 10.9. The molecule has 2 heteroatoms. The highest BCUT2D eigenvalue weighted by Crippen LogP contribution is 2.03. The third kappa shape index (κ3) is 3.71. The lowest BCUT2D eigenvalue weighted by Crippen LogP contribution is -2.13. The molecule has 0 amide bonds. The van der Waals surface area contributed by atoms with Crippen molar-refractivity contribution in [2.45, 2.75) is 20.5 Å². The first-order valence-corrected chi connectivity index (χ1v) is 4.82. The fraction of sp³-hybridized carbons (Fsp3) is 0.417. The lowest BCUT2D eigenvalue weighted by molar-refractivity contribution is -0.122. The molecule has 1 aromatic carbocycles. The van der Waals surface area contributed by atoms with E-state index in [9.17, 15) is 4.79 Å². The van der Waals surface area contributed by atoms with Gasteiger partial charge in [-0.05, 0) is 12.5 Å². The number of hydrogen-bond donors (Lipinski definition) is 0. The molecule has 1 atom stereocenters. The Balaban J connectivity index is 2.26. The molecule has 14 heavy (non-hydrogen) atoms. The van der Waals surface area contributed by atoms with E-state index in [0.29, 0.717) is 13.2 Å². The van der Waals surface area contributed by atoms with Gasteiger partial charge in [-0.15, -0.1) is 0 Å². The van der Waals surface area contributed by atoms with Crippen molar-refractivity contribution in [3.05, 3.63) is 35.9 Å². The first kappa shape index (κ1) is 10.9. The van der Waals surface area contributed by atoms with Gasteiger partial charge in [0.25, 0.3) is 0 Å². The molecule has 1 aromatic rings. The largest absolute Gasteiger partial charge is 0.376 e. The van der Waals surface area contributed by atoms with E-state index in [1.54, 1.807) is 6.92 Å². The van der Waals surface area contributed by atoms with Crippen molar-refractivity contribution in [1.29, 1.82) is 0 Å². The molecular weight excluding hydrogens is 176 g/mol. The molecule has 0 radical (unpaired) electrons. The molecule has 0 bridgehead atoms. The summed E-state index contributed by atoms with van der Waals surface area (Å²) in [6.07, 6.45) is 0. The fourth-order valence-electron chi connectivity index (χ4n) is 1.05. The van der Waals surface area contributed by atoms with Crippen LogP contribution in [0, 0.1) is 5.92 Å². The molecule has 0 fully saturated rings. The average molecular weight is 192 g/mol. The van der Waals surface area contributed by atoms with Crippen molar-refractivity contribution in [2.75, 3.05) is 6.61 Å². The molecule has 0 saturated carbocycles. The van der Waals surface area contributed by atoms with E-state index in [4.69, 9.17) is 4.74 Å². The van der Waals surface area contributed by atoms with E-state index in [1.807, 2.05) is 37.3 Å². The summed E-state index contributed by atoms with van der Waals surface area (Å²) in [7, 11) is 0. The highest BCUT2D eigenvalue weighted by Gasteiger charge is 2.06. The van der Waals surface area contributed by atoms with Crippen LogP contribution in [0.2, 0.25) is 0 Å². The molecule has 2 nitrogen and oxygen atoms in total. The summed E-state index contributed by atoms with van der Waals surface area (Å²) < 4.78 is 5.42. The topological polar surface area (TPSA) is 26.3 Å². The van der Waals surface area contributed by atoms with Crippen molar-refractivity contribution in [2.24, 2.45) is 5.92 Å². The van der Waals surface area contributed by atoms with Gasteiger partial charge in [-0.1, -0.05) is 37.3 Å². The van der Waals surface area contributed by atoms with Gasteiger partial charge in [0.05, 0.1) is 13.2 Å². The number of benzene rings is 1. The third-order valence-corrected chi connectivity index (χ3v) is 2.17. The van der Waals surface area contributed by atoms with Crippen LogP contribution >= 0.6 is 0 Å².